The number of aromatic nitrogens is 2. The molecule has 19 heavy (non-hydrogen) atoms. The number of nitrogens with zero attached hydrogens (tertiary/aromatic N) is 2. The van der Waals surface area contributed by atoms with Crippen LogP contribution in [0.4, 0.5) is 0 Å². The molecule has 1 N–H and O–H groups in total. The van der Waals surface area contributed by atoms with Crippen molar-refractivity contribution in [2.45, 2.75) is 52.5 Å². The normalized spacial score (nSPS) is 12.3. The molecule has 0 aliphatic rings. The van der Waals surface area contributed by atoms with Crippen LogP contribution in [0.2, 0.25) is 0 Å². The van der Waals surface area contributed by atoms with Crippen molar-refractivity contribution >= 4 is 9.84 Å². The van der Waals surface area contributed by atoms with Gasteiger partial charge in [0.2, 0.25) is 0 Å². The number of aryl methyl sites for hydroxylation is 1. The summed E-state index contributed by atoms with van der Waals surface area (Å²) >= 11 is 0. The van der Waals surface area contributed by atoms with Gasteiger partial charge in [-0.15, -0.1) is 0 Å². The first-order valence-corrected chi connectivity index (χ1v) is 8.53. The number of imidazole rings is 1. The van der Waals surface area contributed by atoms with E-state index in [1.54, 1.807) is 13.8 Å². The molecule has 5 nitrogen and oxygen atoms in total. The summed E-state index contributed by atoms with van der Waals surface area (Å²) < 4.78 is 25.7. The maximum Gasteiger partial charge on any atom is 0.154 e. The van der Waals surface area contributed by atoms with Gasteiger partial charge in [-0.1, -0.05) is 6.92 Å². The van der Waals surface area contributed by atoms with Crippen LogP contribution in [0.1, 0.15) is 38.7 Å². The Balaban J connectivity index is 2.70. The SMILES string of the molecule is CCCNCc1cnc(C)n1CCS(=O)(=O)C(C)C. The van der Waals surface area contributed by atoms with Crippen molar-refractivity contribution in [2.75, 3.05) is 12.3 Å². The minimum atomic E-state index is -3.00. The van der Waals surface area contributed by atoms with E-state index in [1.807, 2.05) is 17.7 Å². The molecular weight excluding hydrogens is 262 g/mol. The molecule has 0 unspecified atom stereocenters. The summed E-state index contributed by atoms with van der Waals surface area (Å²) in [7, 11) is -3.00. The van der Waals surface area contributed by atoms with Gasteiger partial charge in [-0.05, 0) is 33.7 Å². The van der Waals surface area contributed by atoms with Crippen LogP contribution < -0.4 is 5.32 Å². The van der Waals surface area contributed by atoms with Gasteiger partial charge in [0.1, 0.15) is 5.82 Å². The van der Waals surface area contributed by atoms with Crippen LogP contribution in [0.15, 0.2) is 6.20 Å². The van der Waals surface area contributed by atoms with Crippen LogP contribution in [0.3, 0.4) is 0 Å². The van der Waals surface area contributed by atoms with Gasteiger partial charge < -0.3 is 9.88 Å². The molecule has 0 atom stereocenters. The summed E-state index contributed by atoms with van der Waals surface area (Å²) in [5.74, 6) is 1.04. The van der Waals surface area contributed by atoms with Gasteiger partial charge in [0.15, 0.2) is 9.84 Å². The third kappa shape index (κ3) is 4.62. The molecule has 1 heterocycles. The summed E-state index contributed by atoms with van der Waals surface area (Å²) in [5.41, 5.74) is 1.05. The van der Waals surface area contributed by atoms with Crippen molar-refractivity contribution in [1.82, 2.24) is 14.9 Å². The summed E-state index contributed by atoms with van der Waals surface area (Å²) in [6, 6.07) is 0. The molecule has 0 aliphatic carbocycles. The highest BCUT2D eigenvalue weighted by Crippen LogP contribution is 2.08. The zero-order valence-electron chi connectivity index (χ0n) is 12.3. The van der Waals surface area contributed by atoms with Crippen molar-refractivity contribution in [3.63, 3.8) is 0 Å². The van der Waals surface area contributed by atoms with Gasteiger partial charge in [-0.2, -0.15) is 0 Å². The van der Waals surface area contributed by atoms with E-state index in [9.17, 15) is 8.42 Å². The number of hydrogen-bond acceptors (Lipinski definition) is 4. The minimum absolute atomic E-state index is 0.169. The lowest BCUT2D eigenvalue weighted by molar-refractivity contribution is 0.572. The van der Waals surface area contributed by atoms with E-state index in [1.165, 1.54) is 0 Å². The van der Waals surface area contributed by atoms with Crippen molar-refractivity contribution in [3.8, 4) is 0 Å². The maximum atomic E-state index is 11.9. The van der Waals surface area contributed by atoms with Crippen LogP contribution in [-0.4, -0.2) is 35.5 Å². The van der Waals surface area contributed by atoms with Gasteiger partial charge in [-0.3, -0.25) is 0 Å². The number of rotatable bonds is 8. The van der Waals surface area contributed by atoms with Gasteiger partial charge in [0.05, 0.1) is 16.7 Å². The van der Waals surface area contributed by atoms with Gasteiger partial charge >= 0.3 is 0 Å². The Kier molecular flexibility index (Phi) is 6.00. The molecular formula is C13H25N3O2S. The molecule has 0 aromatic carbocycles. The summed E-state index contributed by atoms with van der Waals surface area (Å²) in [5, 5.41) is 2.99. The largest absolute Gasteiger partial charge is 0.330 e. The predicted octanol–water partition coefficient (Wildman–Crippen LogP) is 1.51. The molecule has 0 saturated carbocycles. The van der Waals surface area contributed by atoms with Gasteiger partial charge in [0, 0.05) is 19.3 Å². The van der Waals surface area contributed by atoms with Crippen molar-refractivity contribution < 1.29 is 8.42 Å². The fourth-order valence-corrected chi connectivity index (χ4v) is 2.72. The Morgan fingerprint density at radius 2 is 2.11 bits per heavy atom. The van der Waals surface area contributed by atoms with E-state index in [0.29, 0.717) is 6.54 Å². The molecule has 0 bridgehead atoms. The summed E-state index contributed by atoms with van der Waals surface area (Å²) in [4.78, 5) is 4.27. The Labute approximate surface area is 116 Å². The third-order valence-electron chi connectivity index (χ3n) is 3.19. The number of hydrogen-bond donors (Lipinski definition) is 1. The Morgan fingerprint density at radius 3 is 2.68 bits per heavy atom. The molecule has 0 aliphatic heterocycles. The van der Waals surface area contributed by atoms with E-state index in [0.717, 1.165) is 31.0 Å². The molecule has 1 aromatic rings. The Hall–Kier alpha value is -0.880. The molecule has 0 saturated heterocycles. The van der Waals surface area contributed by atoms with Crippen LogP contribution in [-0.2, 0) is 22.9 Å². The zero-order chi connectivity index (χ0) is 14.5. The first-order valence-electron chi connectivity index (χ1n) is 6.81. The van der Waals surface area contributed by atoms with E-state index in [2.05, 4.69) is 17.2 Å². The highest BCUT2D eigenvalue weighted by molar-refractivity contribution is 7.91. The lowest BCUT2D eigenvalue weighted by atomic mass is 10.4. The van der Waals surface area contributed by atoms with Crippen molar-refractivity contribution in [1.29, 1.82) is 0 Å². The smallest absolute Gasteiger partial charge is 0.154 e. The highest BCUT2D eigenvalue weighted by atomic mass is 32.2. The molecule has 0 fully saturated rings. The van der Waals surface area contributed by atoms with Crippen molar-refractivity contribution in [2.24, 2.45) is 0 Å². The molecule has 0 spiro atoms. The molecule has 6 heteroatoms. The monoisotopic (exact) mass is 287 g/mol. The topological polar surface area (TPSA) is 64.0 Å². The van der Waals surface area contributed by atoms with E-state index >= 15 is 0 Å². The second-order valence-corrected chi connectivity index (χ2v) is 7.72. The standard InChI is InChI=1S/C13H25N3O2S/c1-5-6-14-9-13-10-15-12(4)16(13)7-8-19(17,18)11(2)3/h10-11,14H,5-9H2,1-4H3. The molecule has 1 rings (SSSR count). The quantitative estimate of drug-likeness (QED) is 0.736. The van der Waals surface area contributed by atoms with Gasteiger partial charge in [0.25, 0.3) is 0 Å². The van der Waals surface area contributed by atoms with Gasteiger partial charge in [-0.25, -0.2) is 13.4 Å². The maximum absolute atomic E-state index is 11.9. The van der Waals surface area contributed by atoms with Crippen LogP contribution in [0, 0.1) is 6.92 Å². The highest BCUT2D eigenvalue weighted by Gasteiger charge is 2.17. The predicted molar refractivity (Wildman–Crippen MR) is 77.9 cm³/mol. The Morgan fingerprint density at radius 1 is 1.42 bits per heavy atom. The second-order valence-electron chi connectivity index (χ2n) is 5.04. The second kappa shape index (κ2) is 7.05. The van der Waals surface area contributed by atoms with E-state index < -0.39 is 9.84 Å². The fraction of sp³-hybridized carbons (Fsp3) is 0.769. The summed E-state index contributed by atoms with van der Waals surface area (Å²) in [6.07, 6.45) is 2.90. The van der Waals surface area contributed by atoms with Crippen LogP contribution in [0.25, 0.3) is 0 Å². The van der Waals surface area contributed by atoms with Crippen molar-refractivity contribution in [3.05, 3.63) is 17.7 Å². The van der Waals surface area contributed by atoms with Crippen LogP contribution >= 0.6 is 0 Å². The number of nitrogens with one attached hydrogen (secondary N) is 1. The lowest BCUT2D eigenvalue weighted by Gasteiger charge is -2.12. The average Bonchev–Trinajstić information content (AvgIpc) is 2.68. The molecule has 110 valence electrons. The first-order chi connectivity index (χ1) is 8.88. The molecule has 0 radical (unpaired) electrons. The van der Waals surface area contributed by atoms with E-state index in [4.69, 9.17) is 0 Å². The fourth-order valence-electron chi connectivity index (χ4n) is 1.81. The molecule has 0 amide bonds. The third-order valence-corrected chi connectivity index (χ3v) is 5.38. The summed E-state index contributed by atoms with van der Waals surface area (Å²) in [6.45, 7) is 9.64. The minimum Gasteiger partial charge on any atom is -0.330 e. The molecule has 1 aromatic heterocycles. The lowest BCUT2D eigenvalue weighted by Crippen LogP contribution is -2.23. The number of sulfone groups is 1. The Bertz CT molecular complexity index is 492. The van der Waals surface area contributed by atoms with Crippen LogP contribution in [0.5, 0.6) is 0 Å². The zero-order valence-corrected chi connectivity index (χ0v) is 13.1. The average molecular weight is 287 g/mol. The first kappa shape index (κ1) is 16.2. The van der Waals surface area contributed by atoms with E-state index in [-0.39, 0.29) is 11.0 Å².